The average Bonchev–Trinajstić information content (AvgIpc) is 2.01. The van der Waals surface area contributed by atoms with Crippen LogP contribution in [0.25, 0.3) is 0 Å². The SMILES string of the molecule is COC(=O)[C@@H]1CCC(C)(C)CC1=O. The quantitative estimate of drug-likeness (QED) is 0.458. The molecule has 74 valence electrons. The van der Waals surface area contributed by atoms with E-state index in [1.807, 2.05) is 0 Å². The van der Waals surface area contributed by atoms with E-state index >= 15 is 0 Å². The molecule has 0 heterocycles. The fourth-order valence-electron chi connectivity index (χ4n) is 1.77. The molecule has 1 fully saturated rings. The third kappa shape index (κ3) is 2.29. The van der Waals surface area contributed by atoms with Gasteiger partial charge in [0.05, 0.1) is 7.11 Å². The standard InChI is InChI=1S/C10H16O3/c1-10(2)5-4-7(8(11)6-10)9(12)13-3/h7H,4-6H2,1-3H3/t7-/m1/s1. The average molecular weight is 184 g/mol. The van der Waals surface area contributed by atoms with Crippen LogP contribution >= 0.6 is 0 Å². The van der Waals surface area contributed by atoms with Crippen LogP contribution in [0.15, 0.2) is 0 Å². The molecule has 0 radical (unpaired) electrons. The van der Waals surface area contributed by atoms with Crippen LogP contribution in [0.4, 0.5) is 0 Å². The van der Waals surface area contributed by atoms with Crippen molar-refractivity contribution in [3.05, 3.63) is 0 Å². The number of ketones is 1. The van der Waals surface area contributed by atoms with E-state index in [0.717, 1.165) is 6.42 Å². The van der Waals surface area contributed by atoms with Crippen LogP contribution in [0.5, 0.6) is 0 Å². The maximum atomic E-state index is 11.5. The second kappa shape index (κ2) is 3.48. The number of hydrogen-bond donors (Lipinski definition) is 0. The zero-order valence-corrected chi connectivity index (χ0v) is 8.42. The molecule has 0 spiro atoms. The van der Waals surface area contributed by atoms with E-state index in [2.05, 4.69) is 18.6 Å². The molecule has 1 atom stereocenters. The van der Waals surface area contributed by atoms with Crippen molar-refractivity contribution in [2.24, 2.45) is 11.3 Å². The summed E-state index contributed by atoms with van der Waals surface area (Å²) in [4.78, 5) is 22.7. The molecule has 0 unspecified atom stereocenters. The van der Waals surface area contributed by atoms with Crippen molar-refractivity contribution in [1.82, 2.24) is 0 Å². The first-order valence-corrected chi connectivity index (χ1v) is 4.57. The van der Waals surface area contributed by atoms with E-state index in [0.29, 0.717) is 12.8 Å². The number of ether oxygens (including phenoxy) is 1. The lowest BCUT2D eigenvalue weighted by atomic mass is 9.72. The molecule has 1 aliphatic rings. The molecular weight excluding hydrogens is 168 g/mol. The number of carbonyl (C=O) groups excluding carboxylic acids is 2. The van der Waals surface area contributed by atoms with Crippen LogP contribution in [0, 0.1) is 11.3 Å². The largest absolute Gasteiger partial charge is 0.468 e. The molecule has 0 aromatic carbocycles. The Morgan fingerprint density at radius 1 is 1.54 bits per heavy atom. The summed E-state index contributed by atoms with van der Waals surface area (Å²) in [5.41, 5.74) is 0.0571. The summed E-state index contributed by atoms with van der Waals surface area (Å²) >= 11 is 0. The maximum Gasteiger partial charge on any atom is 0.316 e. The Bertz CT molecular complexity index is 230. The van der Waals surface area contributed by atoms with Crippen molar-refractivity contribution in [2.45, 2.75) is 33.1 Å². The second-order valence-corrected chi connectivity index (χ2v) is 4.42. The highest BCUT2D eigenvalue weighted by molar-refractivity contribution is 5.99. The van der Waals surface area contributed by atoms with E-state index in [4.69, 9.17) is 0 Å². The zero-order valence-electron chi connectivity index (χ0n) is 8.42. The number of rotatable bonds is 1. The van der Waals surface area contributed by atoms with Crippen molar-refractivity contribution in [1.29, 1.82) is 0 Å². The summed E-state index contributed by atoms with van der Waals surface area (Å²) in [5, 5.41) is 0. The number of carbonyl (C=O) groups is 2. The molecule has 0 aromatic rings. The Balaban J connectivity index is 2.64. The smallest absolute Gasteiger partial charge is 0.316 e. The molecule has 3 heteroatoms. The molecule has 0 aliphatic heterocycles. The number of hydrogen-bond acceptors (Lipinski definition) is 3. The molecule has 3 nitrogen and oxygen atoms in total. The third-order valence-electron chi connectivity index (χ3n) is 2.64. The molecule has 1 saturated carbocycles. The molecule has 0 N–H and O–H groups in total. The van der Waals surface area contributed by atoms with E-state index in [9.17, 15) is 9.59 Å². The summed E-state index contributed by atoms with van der Waals surface area (Å²) in [6, 6.07) is 0. The van der Waals surface area contributed by atoms with Gasteiger partial charge < -0.3 is 4.74 Å². The summed E-state index contributed by atoms with van der Waals surface area (Å²) in [7, 11) is 1.33. The first-order chi connectivity index (χ1) is 5.96. The minimum atomic E-state index is -0.502. The predicted molar refractivity (Wildman–Crippen MR) is 48.1 cm³/mol. The molecule has 0 amide bonds. The van der Waals surface area contributed by atoms with Crippen LogP contribution in [-0.4, -0.2) is 18.9 Å². The summed E-state index contributed by atoms with van der Waals surface area (Å²) in [6.45, 7) is 4.11. The molecule has 0 bridgehead atoms. The zero-order chi connectivity index (χ0) is 10.1. The lowest BCUT2D eigenvalue weighted by Crippen LogP contribution is -2.35. The Morgan fingerprint density at radius 2 is 2.15 bits per heavy atom. The fraction of sp³-hybridized carbons (Fsp3) is 0.800. The van der Waals surface area contributed by atoms with Crippen LogP contribution in [0.1, 0.15) is 33.1 Å². The van der Waals surface area contributed by atoms with Gasteiger partial charge in [-0.3, -0.25) is 9.59 Å². The van der Waals surface area contributed by atoms with Crippen molar-refractivity contribution in [2.75, 3.05) is 7.11 Å². The van der Waals surface area contributed by atoms with Crippen molar-refractivity contribution in [3.8, 4) is 0 Å². The van der Waals surface area contributed by atoms with Gasteiger partial charge in [-0.25, -0.2) is 0 Å². The van der Waals surface area contributed by atoms with Gasteiger partial charge in [0.25, 0.3) is 0 Å². The van der Waals surface area contributed by atoms with Crippen molar-refractivity contribution in [3.63, 3.8) is 0 Å². The first-order valence-electron chi connectivity index (χ1n) is 4.57. The minimum Gasteiger partial charge on any atom is -0.468 e. The van der Waals surface area contributed by atoms with Crippen LogP contribution in [-0.2, 0) is 14.3 Å². The molecule has 0 aromatic heterocycles. The van der Waals surface area contributed by atoms with Gasteiger partial charge in [-0.2, -0.15) is 0 Å². The Hall–Kier alpha value is -0.860. The van der Waals surface area contributed by atoms with Crippen LogP contribution in [0.2, 0.25) is 0 Å². The molecule has 0 saturated heterocycles. The Morgan fingerprint density at radius 3 is 2.62 bits per heavy atom. The Kier molecular flexibility index (Phi) is 2.74. The normalized spacial score (nSPS) is 27.0. The number of methoxy groups -OCH3 is 1. The van der Waals surface area contributed by atoms with Crippen molar-refractivity contribution < 1.29 is 14.3 Å². The monoisotopic (exact) mass is 184 g/mol. The van der Waals surface area contributed by atoms with Crippen LogP contribution in [0.3, 0.4) is 0 Å². The minimum absolute atomic E-state index is 0.0306. The molecule has 13 heavy (non-hydrogen) atoms. The summed E-state index contributed by atoms with van der Waals surface area (Å²) in [5.74, 6) is -0.846. The van der Waals surface area contributed by atoms with E-state index < -0.39 is 5.92 Å². The lowest BCUT2D eigenvalue weighted by Gasteiger charge is -2.31. The van der Waals surface area contributed by atoms with Gasteiger partial charge in [-0.05, 0) is 18.3 Å². The van der Waals surface area contributed by atoms with Gasteiger partial charge in [-0.15, -0.1) is 0 Å². The van der Waals surface area contributed by atoms with Gasteiger partial charge in [-0.1, -0.05) is 13.8 Å². The molecule has 1 aliphatic carbocycles. The molecule has 1 rings (SSSR count). The fourth-order valence-corrected chi connectivity index (χ4v) is 1.77. The Labute approximate surface area is 78.5 Å². The number of Topliss-reactive ketones (excluding diaryl/α,β-unsaturated/α-hetero) is 1. The van der Waals surface area contributed by atoms with Gasteiger partial charge in [0.2, 0.25) is 0 Å². The predicted octanol–water partition coefficient (Wildman–Crippen LogP) is 1.55. The van der Waals surface area contributed by atoms with Gasteiger partial charge in [0.1, 0.15) is 11.7 Å². The second-order valence-electron chi connectivity index (χ2n) is 4.42. The van der Waals surface area contributed by atoms with Crippen LogP contribution < -0.4 is 0 Å². The van der Waals surface area contributed by atoms with Gasteiger partial charge in [0.15, 0.2) is 0 Å². The topological polar surface area (TPSA) is 43.4 Å². The van der Waals surface area contributed by atoms with E-state index in [1.54, 1.807) is 0 Å². The molecular formula is C10H16O3. The van der Waals surface area contributed by atoms with Gasteiger partial charge in [0, 0.05) is 6.42 Å². The highest BCUT2D eigenvalue weighted by Crippen LogP contribution is 2.36. The van der Waals surface area contributed by atoms with E-state index in [-0.39, 0.29) is 17.2 Å². The summed E-state index contributed by atoms with van der Waals surface area (Å²) < 4.78 is 4.57. The first kappa shape index (κ1) is 10.2. The maximum absolute atomic E-state index is 11.5. The lowest BCUT2D eigenvalue weighted by molar-refractivity contribution is -0.152. The van der Waals surface area contributed by atoms with Crippen molar-refractivity contribution >= 4 is 11.8 Å². The highest BCUT2D eigenvalue weighted by Gasteiger charge is 2.37. The van der Waals surface area contributed by atoms with E-state index in [1.165, 1.54) is 7.11 Å². The van der Waals surface area contributed by atoms with Gasteiger partial charge >= 0.3 is 5.97 Å². The number of esters is 1. The summed E-state index contributed by atoms with van der Waals surface area (Å²) in [6.07, 6.45) is 2.05. The third-order valence-corrected chi connectivity index (χ3v) is 2.64. The highest BCUT2D eigenvalue weighted by atomic mass is 16.5.